The zero-order chi connectivity index (χ0) is 23.7. The molecule has 0 spiro atoms. The Kier molecular flexibility index (Phi) is 10.8. The quantitative estimate of drug-likeness (QED) is 0.407. The van der Waals surface area contributed by atoms with Crippen molar-refractivity contribution < 1.29 is 14.0 Å². The van der Waals surface area contributed by atoms with Gasteiger partial charge in [-0.15, -0.1) is 11.8 Å². The molecule has 0 aliphatic heterocycles. The smallest absolute Gasteiger partial charge is 0.243 e. The predicted molar refractivity (Wildman–Crippen MR) is 132 cm³/mol. The molecule has 0 saturated carbocycles. The van der Waals surface area contributed by atoms with Crippen LogP contribution < -0.4 is 5.32 Å². The number of nitrogens with zero attached hydrogens (tertiary/aromatic N) is 1. The summed E-state index contributed by atoms with van der Waals surface area (Å²) >= 11 is 13.7. The number of benzene rings is 2. The monoisotopic (exact) mass is 498 g/mol. The summed E-state index contributed by atoms with van der Waals surface area (Å²) in [7, 11) is 0. The lowest BCUT2D eigenvalue weighted by atomic mass is 10.1. The van der Waals surface area contributed by atoms with Crippen molar-refractivity contribution in [2.24, 2.45) is 0 Å². The van der Waals surface area contributed by atoms with Crippen LogP contribution in [0.1, 0.15) is 44.7 Å². The summed E-state index contributed by atoms with van der Waals surface area (Å²) in [6.45, 7) is 6.01. The van der Waals surface area contributed by atoms with Crippen LogP contribution >= 0.6 is 35.0 Å². The minimum absolute atomic E-state index is 0.00591. The van der Waals surface area contributed by atoms with Crippen molar-refractivity contribution in [3.8, 4) is 0 Å². The highest BCUT2D eigenvalue weighted by Crippen LogP contribution is 2.25. The second kappa shape index (κ2) is 13.1. The van der Waals surface area contributed by atoms with E-state index in [-0.39, 0.29) is 35.9 Å². The number of nitrogens with one attached hydrogen (secondary N) is 1. The first-order chi connectivity index (χ1) is 15.3. The summed E-state index contributed by atoms with van der Waals surface area (Å²) in [6.07, 6.45) is 1.25. The highest BCUT2D eigenvalue weighted by molar-refractivity contribution is 7.99. The summed E-state index contributed by atoms with van der Waals surface area (Å²) in [4.78, 5) is 27.7. The number of thioether (sulfide) groups is 1. The lowest BCUT2D eigenvalue weighted by molar-refractivity contribution is -0.139. The van der Waals surface area contributed by atoms with E-state index in [1.54, 1.807) is 23.1 Å². The van der Waals surface area contributed by atoms with E-state index < -0.39 is 11.9 Å². The van der Waals surface area contributed by atoms with Crippen LogP contribution in [0, 0.1) is 5.82 Å². The summed E-state index contributed by atoms with van der Waals surface area (Å²) in [5.41, 5.74) is 1.13. The van der Waals surface area contributed by atoms with E-state index in [4.69, 9.17) is 23.2 Å². The summed E-state index contributed by atoms with van der Waals surface area (Å²) < 4.78 is 14.0. The SMILES string of the molecule is CC[C@H](C(=O)N[C@@H](C)CC)N(Cc1ccccc1Cl)C(=O)CSCc1c(F)cccc1Cl. The highest BCUT2D eigenvalue weighted by atomic mass is 35.5. The normalized spacial score (nSPS) is 12.8. The van der Waals surface area contributed by atoms with Gasteiger partial charge in [-0.25, -0.2) is 4.39 Å². The standard InChI is InChI=1S/C24H29Cl2FN2O2S/c1-4-16(3)28-24(31)22(5-2)29(13-17-9-6-7-10-19(17)25)23(30)15-32-14-18-20(26)11-8-12-21(18)27/h6-12,16,22H,4-5,13-15H2,1-3H3,(H,28,31)/t16-,22+/m0/s1. The number of halogens is 3. The molecule has 4 nitrogen and oxygen atoms in total. The van der Waals surface area contributed by atoms with Crippen molar-refractivity contribution in [3.63, 3.8) is 0 Å². The van der Waals surface area contributed by atoms with Crippen molar-refractivity contribution in [1.29, 1.82) is 0 Å². The Labute approximate surface area is 203 Å². The molecule has 2 atom stereocenters. The molecule has 0 unspecified atom stereocenters. The van der Waals surface area contributed by atoms with Crippen LogP contribution in [0.5, 0.6) is 0 Å². The molecule has 32 heavy (non-hydrogen) atoms. The molecule has 2 rings (SSSR count). The predicted octanol–water partition coefficient (Wildman–Crippen LogP) is 6.09. The van der Waals surface area contributed by atoms with Crippen molar-refractivity contribution in [1.82, 2.24) is 10.2 Å². The molecule has 0 saturated heterocycles. The first kappa shape index (κ1) is 26.5. The van der Waals surface area contributed by atoms with E-state index in [1.807, 2.05) is 39.0 Å². The van der Waals surface area contributed by atoms with E-state index in [0.717, 1.165) is 12.0 Å². The fourth-order valence-corrected chi connectivity index (χ4v) is 4.61. The Morgan fingerprint density at radius 1 is 1.06 bits per heavy atom. The molecule has 2 aromatic carbocycles. The van der Waals surface area contributed by atoms with Gasteiger partial charge in [0.25, 0.3) is 0 Å². The Hall–Kier alpha value is -1.76. The van der Waals surface area contributed by atoms with Gasteiger partial charge in [-0.05, 0) is 43.5 Å². The molecule has 2 aromatic rings. The molecule has 1 N–H and O–H groups in total. The Morgan fingerprint density at radius 2 is 1.75 bits per heavy atom. The van der Waals surface area contributed by atoms with Gasteiger partial charge in [-0.1, -0.05) is 61.3 Å². The molecule has 0 bridgehead atoms. The van der Waals surface area contributed by atoms with Crippen LogP contribution in [0.2, 0.25) is 10.0 Å². The fraction of sp³-hybridized carbons (Fsp3) is 0.417. The van der Waals surface area contributed by atoms with Gasteiger partial charge in [0.2, 0.25) is 11.8 Å². The third-order valence-electron chi connectivity index (χ3n) is 5.22. The number of carbonyl (C=O) groups is 2. The molecular weight excluding hydrogens is 470 g/mol. The van der Waals surface area contributed by atoms with E-state index in [9.17, 15) is 14.0 Å². The van der Waals surface area contributed by atoms with Gasteiger partial charge in [0, 0.05) is 33.9 Å². The second-order valence-electron chi connectivity index (χ2n) is 7.55. The summed E-state index contributed by atoms with van der Waals surface area (Å²) in [5, 5.41) is 3.84. The van der Waals surface area contributed by atoms with Crippen molar-refractivity contribution in [3.05, 3.63) is 69.5 Å². The molecule has 0 aromatic heterocycles. The second-order valence-corrected chi connectivity index (χ2v) is 9.35. The summed E-state index contributed by atoms with van der Waals surface area (Å²) in [6, 6.07) is 11.2. The van der Waals surface area contributed by atoms with Crippen LogP contribution in [-0.4, -0.2) is 34.6 Å². The number of hydrogen-bond donors (Lipinski definition) is 1. The van der Waals surface area contributed by atoms with Crippen LogP contribution in [0.3, 0.4) is 0 Å². The maximum absolute atomic E-state index is 14.0. The minimum Gasteiger partial charge on any atom is -0.352 e. The van der Waals surface area contributed by atoms with Gasteiger partial charge in [-0.2, -0.15) is 0 Å². The van der Waals surface area contributed by atoms with E-state index in [2.05, 4.69) is 5.32 Å². The fourth-order valence-electron chi connectivity index (χ4n) is 3.16. The van der Waals surface area contributed by atoms with E-state index in [0.29, 0.717) is 22.0 Å². The Balaban J connectivity index is 2.19. The van der Waals surface area contributed by atoms with Gasteiger partial charge in [0.1, 0.15) is 11.9 Å². The van der Waals surface area contributed by atoms with Gasteiger partial charge >= 0.3 is 0 Å². The highest BCUT2D eigenvalue weighted by Gasteiger charge is 2.29. The number of hydrogen-bond acceptors (Lipinski definition) is 3. The van der Waals surface area contributed by atoms with Gasteiger partial charge in [-0.3, -0.25) is 9.59 Å². The van der Waals surface area contributed by atoms with Crippen LogP contribution in [0.25, 0.3) is 0 Å². The maximum Gasteiger partial charge on any atom is 0.243 e. The molecule has 0 aliphatic rings. The molecule has 0 fully saturated rings. The van der Waals surface area contributed by atoms with Gasteiger partial charge < -0.3 is 10.2 Å². The van der Waals surface area contributed by atoms with Crippen molar-refractivity contribution in [2.45, 2.75) is 58.0 Å². The molecule has 174 valence electrons. The molecule has 0 aliphatic carbocycles. The number of amides is 2. The third kappa shape index (κ3) is 7.39. The van der Waals surface area contributed by atoms with E-state index >= 15 is 0 Å². The lowest BCUT2D eigenvalue weighted by Gasteiger charge is -2.31. The topological polar surface area (TPSA) is 49.4 Å². The molecular formula is C24H29Cl2FN2O2S. The lowest BCUT2D eigenvalue weighted by Crippen LogP contribution is -2.51. The van der Waals surface area contributed by atoms with Gasteiger partial charge in [0.15, 0.2) is 0 Å². The van der Waals surface area contributed by atoms with Crippen LogP contribution in [0.4, 0.5) is 4.39 Å². The first-order valence-corrected chi connectivity index (χ1v) is 12.5. The molecule has 0 radical (unpaired) electrons. The van der Waals surface area contributed by atoms with Crippen LogP contribution in [-0.2, 0) is 21.9 Å². The average Bonchev–Trinajstić information content (AvgIpc) is 2.76. The zero-order valence-electron chi connectivity index (χ0n) is 18.5. The van der Waals surface area contributed by atoms with Crippen molar-refractivity contribution in [2.75, 3.05) is 5.75 Å². The van der Waals surface area contributed by atoms with E-state index in [1.165, 1.54) is 17.8 Å². The number of rotatable bonds is 11. The maximum atomic E-state index is 14.0. The van der Waals surface area contributed by atoms with Crippen molar-refractivity contribution >= 4 is 46.8 Å². The Morgan fingerprint density at radius 3 is 2.38 bits per heavy atom. The first-order valence-electron chi connectivity index (χ1n) is 10.6. The number of carbonyl (C=O) groups excluding carboxylic acids is 2. The molecule has 8 heteroatoms. The third-order valence-corrected chi connectivity index (χ3v) is 6.89. The molecule has 0 heterocycles. The van der Waals surface area contributed by atoms with Gasteiger partial charge in [0.05, 0.1) is 5.75 Å². The average molecular weight is 499 g/mol. The largest absolute Gasteiger partial charge is 0.352 e. The zero-order valence-corrected chi connectivity index (χ0v) is 20.9. The summed E-state index contributed by atoms with van der Waals surface area (Å²) in [5.74, 6) is -0.461. The Bertz CT molecular complexity index is 908. The molecule has 2 amide bonds. The van der Waals surface area contributed by atoms with Crippen LogP contribution in [0.15, 0.2) is 42.5 Å². The minimum atomic E-state index is -0.634.